The fourth-order valence-electron chi connectivity index (χ4n) is 2.02. The molecule has 0 aliphatic heterocycles. The Balaban J connectivity index is 2.05. The first kappa shape index (κ1) is 12.6. The maximum absolute atomic E-state index is 11.2. The molecule has 0 heterocycles. The van der Waals surface area contributed by atoms with Crippen molar-refractivity contribution in [3.63, 3.8) is 0 Å². The summed E-state index contributed by atoms with van der Waals surface area (Å²) in [5.41, 5.74) is 6.44. The number of carbonyl (C=O) groups excluding carboxylic acids is 1. The molecular formula is C13H16N2O3. The molecule has 0 bridgehead atoms. The van der Waals surface area contributed by atoms with Crippen molar-refractivity contribution >= 4 is 11.9 Å². The zero-order chi connectivity index (χ0) is 13.1. The molecule has 1 aromatic rings. The molecular weight excluding hydrogens is 232 g/mol. The predicted molar refractivity (Wildman–Crippen MR) is 65.9 cm³/mol. The average molecular weight is 248 g/mol. The summed E-state index contributed by atoms with van der Waals surface area (Å²) >= 11 is 0. The van der Waals surface area contributed by atoms with Crippen LogP contribution in [0.3, 0.4) is 0 Å². The van der Waals surface area contributed by atoms with E-state index in [1.807, 2.05) is 0 Å². The normalized spacial score (nSPS) is 16.2. The van der Waals surface area contributed by atoms with E-state index in [1.165, 1.54) is 0 Å². The number of primary amides is 1. The third kappa shape index (κ3) is 2.87. The maximum Gasteiger partial charge on any atom is 0.320 e. The van der Waals surface area contributed by atoms with Gasteiger partial charge in [-0.25, -0.2) is 0 Å². The van der Waals surface area contributed by atoms with Gasteiger partial charge in [-0.2, -0.15) is 0 Å². The van der Waals surface area contributed by atoms with Crippen molar-refractivity contribution in [3.05, 3.63) is 35.4 Å². The highest BCUT2D eigenvalue weighted by Gasteiger charge is 2.35. The molecule has 0 saturated heterocycles. The highest BCUT2D eigenvalue weighted by atomic mass is 16.4. The molecule has 0 aromatic heterocycles. The number of nitrogens with one attached hydrogen (secondary N) is 1. The van der Waals surface area contributed by atoms with Crippen LogP contribution in [0.1, 0.15) is 28.8 Å². The summed E-state index contributed by atoms with van der Waals surface area (Å²) in [4.78, 5) is 22.3. The van der Waals surface area contributed by atoms with Crippen LogP contribution in [0.15, 0.2) is 24.3 Å². The second-order valence-corrected chi connectivity index (χ2v) is 4.56. The number of rotatable bonds is 6. The van der Waals surface area contributed by atoms with Gasteiger partial charge >= 0.3 is 5.97 Å². The van der Waals surface area contributed by atoms with Gasteiger partial charge < -0.3 is 16.2 Å². The van der Waals surface area contributed by atoms with Crippen LogP contribution in [-0.4, -0.2) is 23.0 Å². The molecule has 1 atom stereocenters. The van der Waals surface area contributed by atoms with Crippen molar-refractivity contribution in [1.82, 2.24) is 5.32 Å². The Bertz CT molecular complexity index is 469. The number of hydrogen-bond acceptors (Lipinski definition) is 3. The van der Waals surface area contributed by atoms with E-state index in [4.69, 9.17) is 10.8 Å². The Kier molecular flexibility index (Phi) is 3.62. The van der Waals surface area contributed by atoms with E-state index < -0.39 is 17.9 Å². The number of benzene rings is 1. The van der Waals surface area contributed by atoms with Crippen molar-refractivity contribution in [3.8, 4) is 0 Å². The minimum Gasteiger partial charge on any atom is -0.480 e. The SMILES string of the molecule is NC(=O)c1ccccc1CNC(C(=O)O)C1CC1. The number of carboxylic acids is 1. The molecule has 18 heavy (non-hydrogen) atoms. The van der Waals surface area contributed by atoms with Crippen LogP contribution in [0.5, 0.6) is 0 Å². The fourth-order valence-corrected chi connectivity index (χ4v) is 2.02. The minimum absolute atomic E-state index is 0.211. The van der Waals surface area contributed by atoms with Crippen LogP contribution in [-0.2, 0) is 11.3 Å². The van der Waals surface area contributed by atoms with E-state index in [9.17, 15) is 9.59 Å². The highest BCUT2D eigenvalue weighted by Crippen LogP contribution is 2.32. The van der Waals surface area contributed by atoms with Gasteiger partial charge in [0.15, 0.2) is 0 Å². The minimum atomic E-state index is -0.839. The van der Waals surface area contributed by atoms with Crippen molar-refractivity contribution < 1.29 is 14.7 Å². The smallest absolute Gasteiger partial charge is 0.320 e. The van der Waals surface area contributed by atoms with Crippen LogP contribution >= 0.6 is 0 Å². The highest BCUT2D eigenvalue weighted by molar-refractivity contribution is 5.94. The standard InChI is InChI=1S/C13H16N2O3/c14-12(16)10-4-2-1-3-9(10)7-15-11(13(17)18)8-5-6-8/h1-4,8,11,15H,5-7H2,(H2,14,16)(H,17,18). The van der Waals surface area contributed by atoms with Gasteiger partial charge in [-0.05, 0) is 30.4 Å². The Morgan fingerprint density at radius 1 is 1.39 bits per heavy atom. The summed E-state index contributed by atoms with van der Waals surface area (Å²) in [6.07, 6.45) is 1.89. The molecule has 1 fully saturated rings. The van der Waals surface area contributed by atoms with Crippen LogP contribution in [0.4, 0.5) is 0 Å². The first-order chi connectivity index (χ1) is 8.59. The third-order valence-electron chi connectivity index (χ3n) is 3.15. The molecule has 0 spiro atoms. The molecule has 1 aromatic carbocycles. The predicted octanol–water partition coefficient (Wildman–Crippen LogP) is 0.738. The van der Waals surface area contributed by atoms with Gasteiger partial charge in [-0.15, -0.1) is 0 Å². The Morgan fingerprint density at radius 2 is 2.06 bits per heavy atom. The van der Waals surface area contributed by atoms with E-state index in [-0.39, 0.29) is 5.92 Å². The topological polar surface area (TPSA) is 92.4 Å². The summed E-state index contributed by atoms with van der Waals surface area (Å²) < 4.78 is 0. The lowest BCUT2D eigenvalue weighted by Crippen LogP contribution is -2.38. The van der Waals surface area contributed by atoms with Gasteiger partial charge in [0.2, 0.25) is 5.91 Å². The molecule has 1 saturated carbocycles. The van der Waals surface area contributed by atoms with Gasteiger partial charge in [0.25, 0.3) is 0 Å². The second kappa shape index (κ2) is 5.18. The molecule has 5 nitrogen and oxygen atoms in total. The van der Waals surface area contributed by atoms with Gasteiger partial charge in [0.1, 0.15) is 6.04 Å². The Labute approximate surface area is 105 Å². The van der Waals surface area contributed by atoms with E-state index >= 15 is 0 Å². The molecule has 2 rings (SSSR count). The van der Waals surface area contributed by atoms with Crippen molar-refractivity contribution in [2.45, 2.75) is 25.4 Å². The zero-order valence-corrected chi connectivity index (χ0v) is 9.93. The number of aliphatic carboxylic acids is 1. The molecule has 5 heteroatoms. The molecule has 0 radical (unpaired) electrons. The first-order valence-corrected chi connectivity index (χ1v) is 5.93. The van der Waals surface area contributed by atoms with Crippen molar-refractivity contribution in [2.24, 2.45) is 11.7 Å². The molecule has 1 unspecified atom stereocenters. The summed E-state index contributed by atoms with van der Waals surface area (Å²) in [6.45, 7) is 0.340. The largest absolute Gasteiger partial charge is 0.480 e. The van der Waals surface area contributed by atoms with Crippen molar-refractivity contribution in [2.75, 3.05) is 0 Å². The van der Waals surface area contributed by atoms with Crippen LogP contribution in [0.25, 0.3) is 0 Å². The lowest BCUT2D eigenvalue weighted by atomic mass is 10.1. The third-order valence-corrected chi connectivity index (χ3v) is 3.15. The molecule has 1 aliphatic carbocycles. The molecule has 1 amide bonds. The number of carbonyl (C=O) groups is 2. The number of amides is 1. The van der Waals surface area contributed by atoms with Gasteiger partial charge in [-0.1, -0.05) is 18.2 Å². The first-order valence-electron chi connectivity index (χ1n) is 5.93. The van der Waals surface area contributed by atoms with Crippen LogP contribution in [0.2, 0.25) is 0 Å². The van der Waals surface area contributed by atoms with E-state index in [0.717, 1.165) is 18.4 Å². The van der Waals surface area contributed by atoms with E-state index in [1.54, 1.807) is 24.3 Å². The van der Waals surface area contributed by atoms with Crippen molar-refractivity contribution in [1.29, 1.82) is 0 Å². The van der Waals surface area contributed by atoms with E-state index in [0.29, 0.717) is 12.1 Å². The van der Waals surface area contributed by atoms with Gasteiger partial charge in [0, 0.05) is 12.1 Å². The van der Waals surface area contributed by atoms with Crippen LogP contribution < -0.4 is 11.1 Å². The van der Waals surface area contributed by atoms with E-state index in [2.05, 4.69) is 5.32 Å². The lowest BCUT2D eigenvalue weighted by molar-refractivity contribution is -0.140. The zero-order valence-electron chi connectivity index (χ0n) is 9.93. The molecule has 1 aliphatic rings. The molecule has 96 valence electrons. The molecule has 4 N–H and O–H groups in total. The second-order valence-electron chi connectivity index (χ2n) is 4.56. The Morgan fingerprint density at radius 3 is 2.61 bits per heavy atom. The summed E-state index contributed by atoms with van der Waals surface area (Å²) in [5.74, 6) is -1.12. The van der Waals surface area contributed by atoms with Gasteiger partial charge in [-0.3, -0.25) is 9.59 Å². The summed E-state index contributed by atoms with van der Waals surface area (Å²) in [6, 6.07) is 6.42. The summed E-state index contributed by atoms with van der Waals surface area (Å²) in [5, 5.41) is 12.1. The lowest BCUT2D eigenvalue weighted by Gasteiger charge is -2.14. The van der Waals surface area contributed by atoms with Gasteiger partial charge in [0.05, 0.1) is 0 Å². The average Bonchev–Trinajstić information content (AvgIpc) is 3.13. The Hall–Kier alpha value is -1.88. The monoisotopic (exact) mass is 248 g/mol. The quantitative estimate of drug-likeness (QED) is 0.692. The fraction of sp³-hybridized carbons (Fsp3) is 0.385. The number of carboxylic acid groups (broad SMARTS) is 1. The van der Waals surface area contributed by atoms with Crippen LogP contribution in [0, 0.1) is 5.92 Å². The number of hydrogen-bond donors (Lipinski definition) is 3. The maximum atomic E-state index is 11.2. The number of nitrogens with two attached hydrogens (primary N) is 1. The summed E-state index contributed by atoms with van der Waals surface area (Å²) in [7, 11) is 0.